The summed E-state index contributed by atoms with van der Waals surface area (Å²) in [4.78, 5) is 23.6. The molecule has 1 heterocycles. The average molecular weight is 312 g/mol. The van der Waals surface area contributed by atoms with E-state index in [0.29, 0.717) is 10.6 Å². The van der Waals surface area contributed by atoms with Gasteiger partial charge in [-0.2, -0.15) is 0 Å². The second kappa shape index (κ2) is 5.94. The molecule has 0 unspecified atom stereocenters. The molecule has 1 aromatic carbocycles. The minimum Gasteiger partial charge on any atom is -0.495 e. The van der Waals surface area contributed by atoms with Crippen molar-refractivity contribution in [3.8, 4) is 5.75 Å². The van der Waals surface area contributed by atoms with E-state index in [1.165, 1.54) is 36.6 Å². The molecule has 0 aliphatic heterocycles. The van der Waals surface area contributed by atoms with Crippen LogP contribution >= 0.6 is 22.9 Å². The minimum atomic E-state index is -1.17. The highest BCUT2D eigenvalue weighted by Crippen LogP contribution is 2.27. The number of carbonyl (C=O) groups is 2. The van der Waals surface area contributed by atoms with Gasteiger partial charge >= 0.3 is 5.97 Å². The van der Waals surface area contributed by atoms with Gasteiger partial charge in [0.05, 0.1) is 18.4 Å². The molecule has 1 aromatic heterocycles. The first kappa shape index (κ1) is 14.4. The fourth-order valence-corrected chi connectivity index (χ4v) is 2.53. The van der Waals surface area contributed by atoms with Crippen LogP contribution in [0.25, 0.3) is 0 Å². The normalized spacial score (nSPS) is 10.1. The Balaban J connectivity index is 2.31. The molecule has 0 fully saturated rings. The molecule has 0 saturated carbocycles. The second-order valence-electron chi connectivity index (χ2n) is 3.77. The lowest BCUT2D eigenvalue weighted by Gasteiger charge is -2.09. The van der Waals surface area contributed by atoms with Gasteiger partial charge in [0.2, 0.25) is 0 Å². The van der Waals surface area contributed by atoms with Crippen molar-refractivity contribution >= 4 is 40.5 Å². The first-order valence-electron chi connectivity index (χ1n) is 5.48. The number of carboxylic acid groups (broad SMARTS) is 1. The zero-order chi connectivity index (χ0) is 14.7. The maximum Gasteiger partial charge on any atom is 0.337 e. The van der Waals surface area contributed by atoms with Crippen molar-refractivity contribution in [2.75, 3.05) is 12.4 Å². The van der Waals surface area contributed by atoms with Gasteiger partial charge in [0.25, 0.3) is 5.91 Å². The number of carbonyl (C=O) groups excluding carboxylic acids is 1. The lowest BCUT2D eigenvalue weighted by Crippen LogP contribution is -2.14. The molecule has 0 spiro atoms. The first-order valence-corrected chi connectivity index (χ1v) is 6.74. The van der Waals surface area contributed by atoms with E-state index in [9.17, 15) is 9.59 Å². The van der Waals surface area contributed by atoms with Crippen molar-refractivity contribution in [1.82, 2.24) is 0 Å². The van der Waals surface area contributed by atoms with Crippen LogP contribution < -0.4 is 10.1 Å². The van der Waals surface area contributed by atoms with Crippen LogP contribution in [0.2, 0.25) is 5.02 Å². The van der Waals surface area contributed by atoms with Crippen molar-refractivity contribution in [2.24, 2.45) is 0 Å². The quantitative estimate of drug-likeness (QED) is 0.907. The van der Waals surface area contributed by atoms with Gasteiger partial charge in [-0.25, -0.2) is 4.79 Å². The molecule has 7 heteroatoms. The number of benzene rings is 1. The highest BCUT2D eigenvalue weighted by molar-refractivity contribution is 7.12. The molecule has 2 rings (SSSR count). The molecular weight excluding hydrogens is 302 g/mol. The fourth-order valence-electron chi connectivity index (χ4n) is 1.61. The zero-order valence-electron chi connectivity index (χ0n) is 10.3. The number of hydrogen-bond donors (Lipinski definition) is 2. The Bertz CT molecular complexity index is 668. The van der Waals surface area contributed by atoms with E-state index in [4.69, 9.17) is 21.4 Å². The number of nitrogens with one attached hydrogen (secondary N) is 1. The third-order valence-corrected chi connectivity index (χ3v) is 3.65. The van der Waals surface area contributed by atoms with E-state index in [2.05, 4.69) is 5.32 Å². The summed E-state index contributed by atoms with van der Waals surface area (Å²) in [5.41, 5.74) is 0.115. The molecule has 1 amide bonds. The van der Waals surface area contributed by atoms with Crippen molar-refractivity contribution < 1.29 is 19.4 Å². The third-order valence-electron chi connectivity index (χ3n) is 2.52. The van der Waals surface area contributed by atoms with Gasteiger partial charge in [0.1, 0.15) is 10.6 Å². The summed E-state index contributed by atoms with van der Waals surface area (Å²) in [5, 5.41) is 13.7. The van der Waals surface area contributed by atoms with Gasteiger partial charge in [-0.1, -0.05) is 11.6 Å². The Morgan fingerprint density at radius 2 is 2.10 bits per heavy atom. The van der Waals surface area contributed by atoms with Crippen molar-refractivity contribution in [3.63, 3.8) is 0 Å². The highest BCUT2D eigenvalue weighted by Gasteiger charge is 2.17. The van der Waals surface area contributed by atoms with Crippen molar-refractivity contribution in [3.05, 3.63) is 45.1 Å². The van der Waals surface area contributed by atoms with E-state index in [0.717, 1.165) is 0 Å². The molecule has 2 aromatic rings. The topological polar surface area (TPSA) is 75.6 Å². The summed E-state index contributed by atoms with van der Waals surface area (Å²) in [7, 11) is 1.46. The predicted octanol–water partition coefficient (Wildman–Crippen LogP) is 3.36. The summed E-state index contributed by atoms with van der Waals surface area (Å²) in [6, 6.07) is 5.91. The number of carboxylic acids is 1. The van der Waals surface area contributed by atoms with E-state index in [1.54, 1.807) is 11.4 Å². The fraction of sp³-hybridized carbons (Fsp3) is 0.0769. The van der Waals surface area contributed by atoms with Crippen LogP contribution in [0.4, 0.5) is 5.69 Å². The standard InChI is InChI=1S/C13H10ClNO4S/c1-19-10-4-5-20-11(10)12(16)15-9-3-2-7(14)6-8(9)13(17)18/h2-6H,1H3,(H,15,16)(H,17,18). The maximum atomic E-state index is 12.1. The third kappa shape index (κ3) is 2.92. The molecule has 0 saturated heterocycles. The Morgan fingerprint density at radius 1 is 1.35 bits per heavy atom. The molecule has 0 atom stereocenters. The summed E-state index contributed by atoms with van der Waals surface area (Å²) in [6.45, 7) is 0. The number of halogens is 1. The van der Waals surface area contributed by atoms with E-state index in [-0.39, 0.29) is 16.3 Å². The molecule has 0 aliphatic rings. The number of thiophene rings is 1. The molecule has 0 radical (unpaired) electrons. The van der Waals surface area contributed by atoms with E-state index < -0.39 is 11.9 Å². The van der Waals surface area contributed by atoms with Crippen LogP contribution in [0, 0.1) is 0 Å². The maximum absolute atomic E-state index is 12.1. The molecule has 20 heavy (non-hydrogen) atoms. The SMILES string of the molecule is COc1ccsc1C(=O)Nc1ccc(Cl)cc1C(=O)O. The second-order valence-corrected chi connectivity index (χ2v) is 5.12. The predicted molar refractivity (Wildman–Crippen MR) is 77.2 cm³/mol. The lowest BCUT2D eigenvalue weighted by atomic mass is 10.1. The number of anilines is 1. The number of methoxy groups -OCH3 is 1. The summed E-state index contributed by atoms with van der Waals surface area (Å²) in [5.74, 6) is -1.15. The van der Waals surface area contributed by atoms with E-state index >= 15 is 0 Å². The van der Waals surface area contributed by atoms with Gasteiger partial charge < -0.3 is 15.2 Å². The van der Waals surface area contributed by atoms with Crippen molar-refractivity contribution in [1.29, 1.82) is 0 Å². The Kier molecular flexibility index (Phi) is 4.26. The summed E-state index contributed by atoms with van der Waals surface area (Å²) >= 11 is 6.96. The molecule has 0 bridgehead atoms. The van der Waals surface area contributed by atoms with Crippen LogP contribution in [0.3, 0.4) is 0 Å². The summed E-state index contributed by atoms with van der Waals surface area (Å²) < 4.78 is 5.05. The van der Waals surface area contributed by atoms with E-state index in [1.807, 2.05) is 0 Å². The summed E-state index contributed by atoms with van der Waals surface area (Å²) in [6.07, 6.45) is 0. The van der Waals surface area contributed by atoms with Crippen molar-refractivity contribution in [2.45, 2.75) is 0 Å². The Labute approximate surface area is 123 Å². The molecule has 0 aliphatic carbocycles. The van der Waals surface area contributed by atoms with Crippen LogP contribution in [-0.4, -0.2) is 24.1 Å². The monoisotopic (exact) mass is 311 g/mol. The van der Waals surface area contributed by atoms with Gasteiger partial charge in [-0.3, -0.25) is 4.79 Å². The number of amides is 1. The number of rotatable bonds is 4. The molecular formula is C13H10ClNO4S. The molecule has 2 N–H and O–H groups in total. The van der Waals surface area contributed by atoms with Gasteiger partial charge in [-0.15, -0.1) is 11.3 Å². The average Bonchev–Trinajstić information content (AvgIpc) is 2.89. The number of hydrogen-bond acceptors (Lipinski definition) is 4. The lowest BCUT2D eigenvalue weighted by molar-refractivity contribution is 0.0698. The zero-order valence-corrected chi connectivity index (χ0v) is 11.9. The Hall–Kier alpha value is -2.05. The van der Waals surface area contributed by atoms with Crippen LogP contribution in [-0.2, 0) is 0 Å². The largest absolute Gasteiger partial charge is 0.495 e. The first-order chi connectivity index (χ1) is 9.52. The number of aromatic carboxylic acids is 1. The number of ether oxygens (including phenoxy) is 1. The Morgan fingerprint density at radius 3 is 2.75 bits per heavy atom. The molecule has 5 nitrogen and oxygen atoms in total. The van der Waals surface area contributed by atoms with Gasteiger partial charge in [-0.05, 0) is 29.6 Å². The molecule has 104 valence electrons. The van der Waals surface area contributed by atoms with Crippen LogP contribution in [0.5, 0.6) is 5.75 Å². The smallest absolute Gasteiger partial charge is 0.337 e. The minimum absolute atomic E-state index is 0.0682. The highest BCUT2D eigenvalue weighted by atomic mass is 35.5. The van der Waals surface area contributed by atoms with Crippen LogP contribution in [0.15, 0.2) is 29.6 Å². The van der Waals surface area contributed by atoms with Gasteiger partial charge in [0.15, 0.2) is 0 Å². The van der Waals surface area contributed by atoms with Gasteiger partial charge in [0, 0.05) is 5.02 Å². The van der Waals surface area contributed by atoms with Crippen LogP contribution in [0.1, 0.15) is 20.0 Å².